The van der Waals surface area contributed by atoms with Crippen LogP contribution in [0.4, 0.5) is 0 Å². The summed E-state index contributed by atoms with van der Waals surface area (Å²) in [7, 11) is 0. The maximum atomic E-state index is 3.95. The summed E-state index contributed by atoms with van der Waals surface area (Å²) < 4.78 is 0. The zero-order chi connectivity index (χ0) is 13.9. The van der Waals surface area contributed by atoms with Gasteiger partial charge in [-0.25, -0.2) is 0 Å². The fourth-order valence-corrected chi connectivity index (χ4v) is 4.87. The van der Waals surface area contributed by atoms with E-state index in [1.165, 1.54) is 44.1 Å². The highest BCUT2D eigenvalue weighted by Gasteiger charge is 2.34. The highest BCUT2D eigenvalue weighted by molar-refractivity contribution is 7.99. The second-order valence-corrected chi connectivity index (χ2v) is 7.63. The molecule has 2 atom stereocenters. The van der Waals surface area contributed by atoms with Gasteiger partial charge in [0, 0.05) is 17.3 Å². The largest absolute Gasteiger partial charge is 0.310 e. The van der Waals surface area contributed by atoms with Gasteiger partial charge in [-0.2, -0.15) is 11.8 Å². The molecule has 0 saturated heterocycles. The van der Waals surface area contributed by atoms with Crippen molar-refractivity contribution in [1.29, 1.82) is 0 Å². The van der Waals surface area contributed by atoms with Crippen molar-refractivity contribution in [3.63, 3.8) is 0 Å². The van der Waals surface area contributed by atoms with Gasteiger partial charge in [-0.3, -0.25) is 0 Å². The molecule has 3 rings (SSSR count). The molecule has 1 N–H and O–H groups in total. The number of hydrogen-bond acceptors (Lipinski definition) is 2. The second-order valence-electron chi connectivity index (χ2n) is 6.55. The third kappa shape index (κ3) is 3.07. The third-order valence-electron chi connectivity index (χ3n) is 5.22. The average molecular weight is 289 g/mol. The minimum absolute atomic E-state index is 0.761. The van der Waals surface area contributed by atoms with E-state index in [0.29, 0.717) is 0 Å². The Morgan fingerprint density at radius 3 is 2.60 bits per heavy atom. The Bertz CT molecular complexity index is 439. The summed E-state index contributed by atoms with van der Waals surface area (Å²) in [4.78, 5) is 0. The van der Waals surface area contributed by atoms with Crippen LogP contribution in [0, 0.1) is 6.92 Å². The zero-order valence-electron chi connectivity index (χ0n) is 12.8. The number of benzene rings is 1. The summed E-state index contributed by atoms with van der Waals surface area (Å²) in [6, 6.07) is 10.4. The van der Waals surface area contributed by atoms with Crippen LogP contribution in [0.2, 0.25) is 0 Å². The Labute approximate surface area is 127 Å². The molecule has 0 heterocycles. The van der Waals surface area contributed by atoms with E-state index in [4.69, 9.17) is 0 Å². The smallest absolute Gasteiger partial charge is 0.0198 e. The van der Waals surface area contributed by atoms with Crippen molar-refractivity contribution in [2.24, 2.45) is 0 Å². The van der Waals surface area contributed by atoms with Gasteiger partial charge in [0.05, 0.1) is 0 Å². The summed E-state index contributed by atoms with van der Waals surface area (Å²) in [5.74, 6) is 0.796. The highest BCUT2D eigenvalue weighted by atomic mass is 32.2. The van der Waals surface area contributed by atoms with E-state index in [1.807, 2.05) is 0 Å². The van der Waals surface area contributed by atoms with Gasteiger partial charge in [0.2, 0.25) is 0 Å². The second kappa shape index (κ2) is 6.53. The molecule has 2 heteroatoms. The molecule has 2 fully saturated rings. The maximum absolute atomic E-state index is 3.95. The summed E-state index contributed by atoms with van der Waals surface area (Å²) in [6.07, 6.45) is 10.6. The van der Waals surface area contributed by atoms with E-state index in [1.54, 1.807) is 5.56 Å². The molecule has 1 aromatic carbocycles. The van der Waals surface area contributed by atoms with Gasteiger partial charge in [-0.1, -0.05) is 37.1 Å². The van der Waals surface area contributed by atoms with E-state index in [2.05, 4.69) is 54.5 Å². The number of aryl methyl sites for hydroxylation is 1. The topological polar surface area (TPSA) is 12.0 Å². The molecule has 0 bridgehead atoms. The Balaban J connectivity index is 1.52. The van der Waals surface area contributed by atoms with E-state index < -0.39 is 0 Å². The monoisotopic (exact) mass is 289 g/mol. The van der Waals surface area contributed by atoms with Crippen molar-refractivity contribution in [1.82, 2.24) is 5.32 Å². The number of rotatable bonds is 4. The van der Waals surface area contributed by atoms with Crippen molar-refractivity contribution in [2.75, 3.05) is 6.26 Å². The molecule has 2 aliphatic carbocycles. The number of hydrogen-bond donors (Lipinski definition) is 1. The molecular formula is C18H27NS. The van der Waals surface area contributed by atoms with E-state index >= 15 is 0 Å². The van der Waals surface area contributed by atoms with E-state index in [-0.39, 0.29) is 0 Å². The lowest BCUT2D eigenvalue weighted by molar-refractivity contribution is 0.241. The molecule has 0 aromatic heterocycles. The van der Waals surface area contributed by atoms with Gasteiger partial charge in [-0.15, -0.1) is 0 Å². The number of thioether (sulfide) groups is 1. The summed E-state index contributed by atoms with van der Waals surface area (Å²) in [5.41, 5.74) is 3.05. The predicted molar refractivity (Wildman–Crippen MR) is 89.6 cm³/mol. The van der Waals surface area contributed by atoms with Crippen molar-refractivity contribution in [3.05, 3.63) is 35.4 Å². The summed E-state index contributed by atoms with van der Waals surface area (Å²) >= 11 is 2.07. The van der Waals surface area contributed by atoms with Gasteiger partial charge >= 0.3 is 0 Å². The van der Waals surface area contributed by atoms with E-state index in [0.717, 1.165) is 23.3 Å². The lowest BCUT2D eigenvalue weighted by atomic mass is 9.74. The molecule has 1 nitrogen and oxygen atoms in total. The Kier molecular flexibility index (Phi) is 4.72. The van der Waals surface area contributed by atoms with Crippen LogP contribution in [-0.2, 0) is 0 Å². The van der Waals surface area contributed by atoms with Crippen molar-refractivity contribution in [3.8, 4) is 0 Å². The SMILES string of the molecule is CSC1CCCCC1NC1CC(c2ccccc2C)C1. The van der Waals surface area contributed by atoms with Crippen LogP contribution in [0.25, 0.3) is 0 Å². The van der Waals surface area contributed by atoms with Gasteiger partial charge in [0.15, 0.2) is 0 Å². The Hall–Kier alpha value is -0.470. The van der Waals surface area contributed by atoms with Gasteiger partial charge in [0.25, 0.3) is 0 Å². The Morgan fingerprint density at radius 1 is 1.10 bits per heavy atom. The first kappa shape index (κ1) is 14.5. The Morgan fingerprint density at radius 2 is 1.85 bits per heavy atom. The van der Waals surface area contributed by atoms with Crippen LogP contribution in [0.3, 0.4) is 0 Å². The van der Waals surface area contributed by atoms with Crippen LogP contribution >= 0.6 is 11.8 Å². The van der Waals surface area contributed by atoms with Crippen molar-refractivity contribution >= 4 is 11.8 Å². The lowest BCUT2D eigenvalue weighted by Crippen LogP contribution is -2.50. The number of nitrogens with one attached hydrogen (secondary N) is 1. The highest BCUT2D eigenvalue weighted by Crippen LogP contribution is 2.39. The molecule has 0 radical (unpaired) electrons. The molecule has 2 unspecified atom stereocenters. The molecule has 1 aromatic rings. The van der Waals surface area contributed by atoms with Crippen molar-refractivity contribution in [2.45, 2.75) is 68.7 Å². The van der Waals surface area contributed by atoms with Crippen LogP contribution in [0.5, 0.6) is 0 Å². The van der Waals surface area contributed by atoms with Crippen LogP contribution in [-0.4, -0.2) is 23.6 Å². The predicted octanol–water partition coefficient (Wildman–Crippen LogP) is 4.50. The lowest BCUT2D eigenvalue weighted by Gasteiger charge is -2.42. The normalized spacial score (nSPS) is 33.7. The zero-order valence-corrected chi connectivity index (χ0v) is 13.6. The quantitative estimate of drug-likeness (QED) is 0.875. The molecular weight excluding hydrogens is 262 g/mol. The van der Waals surface area contributed by atoms with Gasteiger partial charge in [-0.05, 0) is 55.9 Å². The molecule has 0 aliphatic heterocycles. The molecule has 20 heavy (non-hydrogen) atoms. The fourth-order valence-electron chi connectivity index (χ4n) is 3.93. The average Bonchev–Trinajstić information content (AvgIpc) is 2.44. The maximum Gasteiger partial charge on any atom is 0.0198 e. The van der Waals surface area contributed by atoms with Gasteiger partial charge in [0.1, 0.15) is 0 Å². The standard InChI is InChI=1S/C18H27NS/c1-13-7-3-4-8-16(13)14-11-15(12-14)19-17-9-5-6-10-18(17)20-2/h3-4,7-8,14-15,17-19H,5-6,9-12H2,1-2H3. The molecule has 0 spiro atoms. The van der Waals surface area contributed by atoms with Crippen LogP contribution in [0.1, 0.15) is 55.6 Å². The van der Waals surface area contributed by atoms with E-state index in [9.17, 15) is 0 Å². The third-order valence-corrected chi connectivity index (χ3v) is 6.39. The molecule has 0 amide bonds. The minimum Gasteiger partial charge on any atom is -0.310 e. The fraction of sp³-hybridized carbons (Fsp3) is 0.667. The first-order valence-electron chi connectivity index (χ1n) is 8.12. The summed E-state index contributed by atoms with van der Waals surface area (Å²) in [6.45, 7) is 2.25. The molecule has 110 valence electrons. The molecule has 2 saturated carbocycles. The summed E-state index contributed by atoms with van der Waals surface area (Å²) in [5, 5.41) is 4.80. The first-order chi connectivity index (χ1) is 9.78. The van der Waals surface area contributed by atoms with Crippen LogP contribution in [0.15, 0.2) is 24.3 Å². The first-order valence-corrected chi connectivity index (χ1v) is 9.41. The van der Waals surface area contributed by atoms with Crippen LogP contribution < -0.4 is 5.32 Å². The molecule has 2 aliphatic rings. The van der Waals surface area contributed by atoms with Crippen molar-refractivity contribution < 1.29 is 0 Å². The minimum atomic E-state index is 0.761. The van der Waals surface area contributed by atoms with Gasteiger partial charge < -0.3 is 5.32 Å².